The zero-order valence-corrected chi connectivity index (χ0v) is 20.7. The van der Waals surface area contributed by atoms with E-state index in [1.807, 2.05) is 37.6 Å². The van der Waals surface area contributed by atoms with Crippen molar-refractivity contribution in [1.29, 1.82) is 0 Å². The predicted molar refractivity (Wildman–Crippen MR) is 127 cm³/mol. The van der Waals surface area contributed by atoms with Crippen LogP contribution in [-0.4, -0.2) is 65.0 Å². The average Bonchev–Trinajstić information content (AvgIpc) is 3.30. The minimum absolute atomic E-state index is 0. The van der Waals surface area contributed by atoms with Crippen molar-refractivity contribution in [3.63, 3.8) is 0 Å². The van der Waals surface area contributed by atoms with Crippen molar-refractivity contribution < 1.29 is 9.15 Å². The first kappa shape index (κ1) is 24.6. The number of ether oxygens (including phenoxy) is 1. The molecule has 0 spiro atoms. The highest BCUT2D eigenvalue weighted by atomic mass is 127. The number of halogens is 1. The van der Waals surface area contributed by atoms with Gasteiger partial charge in [0.2, 0.25) is 0 Å². The van der Waals surface area contributed by atoms with Crippen molar-refractivity contribution in [1.82, 2.24) is 30.3 Å². The van der Waals surface area contributed by atoms with E-state index in [9.17, 15) is 0 Å². The molecule has 0 saturated carbocycles. The van der Waals surface area contributed by atoms with Crippen LogP contribution >= 0.6 is 24.0 Å². The van der Waals surface area contributed by atoms with Gasteiger partial charge in [-0.05, 0) is 45.9 Å². The van der Waals surface area contributed by atoms with Crippen molar-refractivity contribution in [2.45, 2.75) is 39.8 Å². The molecule has 0 aliphatic carbocycles. The monoisotopic (exact) mass is 531 g/mol. The van der Waals surface area contributed by atoms with Crippen LogP contribution in [0, 0.1) is 13.8 Å². The van der Waals surface area contributed by atoms with Gasteiger partial charge >= 0.3 is 0 Å². The van der Waals surface area contributed by atoms with Crippen molar-refractivity contribution in [2.24, 2.45) is 12.0 Å². The van der Waals surface area contributed by atoms with Crippen LogP contribution in [0.4, 0.5) is 0 Å². The fourth-order valence-corrected chi connectivity index (χ4v) is 3.19. The van der Waals surface area contributed by atoms with E-state index in [1.165, 1.54) is 0 Å². The Balaban J connectivity index is 0.00000320. The molecule has 0 bridgehead atoms. The summed E-state index contributed by atoms with van der Waals surface area (Å²) in [4.78, 5) is 7.16. The molecule has 10 heteroatoms. The number of guanidine groups is 1. The van der Waals surface area contributed by atoms with E-state index in [0.717, 1.165) is 74.9 Å². The molecule has 2 N–H and O–H groups in total. The standard InChI is InChI=1S/C20H33N7O2.HI/c1-15-6-7-18(29-15)16(2)23-20(22-14-19-25-24-17(3)26(19)4)21-8-5-9-27-10-12-28-13-11-27;/h6-7,16H,5,8-14H2,1-4H3,(H2,21,22,23);1H. The number of furan rings is 1. The molecule has 1 atom stereocenters. The molecule has 1 aliphatic rings. The van der Waals surface area contributed by atoms with E-state index in [-0.39, 0.29) is 30.0 Å². The van der Waals surface area contributed by atoms with Gasteiger partial charge in [-0.15, -0.1) is 34.2 Å². The van der Waals surface area contributed by atoms with Crippen LogP contribution in [0.3, 0.4) is 0 Å². The summed E-state index contributed by atoms with van der Waals surface area (Å²) in [5.74, 6) is 4.25. The van der Waals surface area contributed by atoms with Crippen LogP contribution < -0.4 is 10.6 Å². The minimum atomic E-state index is 0. The molecule has 3 rings (SSSR count). The summed E-state index contributed by atoms with van der Waals surface area (Å²) in [7, 11) is 1.96. The van der Waals surface area contributed by atoms with Crippen LogP contribution in [0.25, 0.3) is 0 Å². The highest BCUT2D eigenvalue weighted by molar-refractivity contribution is 14.0. The summed E-state index contributed by atoms with van der Waals surface area (Å²) in [5.41, 5.74) is 0. The number of aromatic nitrogens is 3. The first-order chi connectivity index (χ1) is 14.0. The van der Waals surface area contributed by atoms with Gasteiger partial charge in [0.1, 0.15) is 23.9 Å². The second kappa shape index (κ2) is 12.3. The summed E-state index contributed by atoms with van der Waals surface area (Å²) in [6, 6.07) is 3.98. The molecule has 1 aliphatic heterocycles. The molecule has 1 fully saturated rings. The van der Waals surface area contributed by atoms with E-state index < -0.39 is 0 Å². The van der Waals surface area contributed by atoms with Gasteiger partial charge in [-0.25, -0.2) is 4.99 Å². The highest BCUT2D eigenvalue weighted by Gasteiger charge is 2.13. The third kappa shape index (κ3) is 7.24. The Morgan fingerprint density at radius 2 is 2.00 bits per heavy atom. The lowest BCUT2D eigenvalue weighted by atomic mass is 10.2. The molecule has 2 aromatic heterocycles. The van der Waals surface area contributed by atoms with Crippen LogP contribution in [0.15, 0.2) is 21.5 Å². The van der Waals surface area contributed by atoms with E-state index in [4.69, 9.17) is 14.1 Å². The summed E-state index contributed by atoms with van der Waals surface area (Å²) in [6.45, 7) is 12.0. The number of hydrogen-bond donors (Lipinski definition) is 2. The SMILES string of the molecule is Cc1ccc(C(C)NC(=NCc2nnc(C)n2C)NCCCN2CCOCC2)o1.I. The van der Waals surface area contributed by atoms with E-state index >= 15 is 0 Å². The molecular weight excluding hydrogens is 497 g/mol. The topological polar surface area (TPSA) is 92.7 Å². The molecule has 3 heterocycles. The molecular formula is C20H34IN7O2. The summed E-state index contributed by atoms with van der Waals surface area (Å²) >= 11 is 0. The van der Waals surface area contributed by atoms with Gasteiger partial charge in [-0.1, -0.05) is 0 Å². The number of aryl methyl sites for hydroxylation is 2. The molecule has 0 amide bonds. The van der Waals surface area contributed by atoms with Crippen LogP contribution in [-0.2, 0) is 18.3 Å². The van der Waals surface area contributed by atoms with Crippen LogP contribution in [0.2, 0.25) is 0 Å². The van der Waals surface area contributed by atoms with Gasteiger partial charge in [0.05, 0.1) is 19.3 Å². The number of nitrogens with zero attached hydrogens (tertiary/aromatic N) is 5. The maximum absolute atomic E-state index is 5.75. The number of rotatable bonds is 8. The Bertz CT molecular complexity index is 799. The molecule has 1 saturated heterocycles. The van der Waals surface area contributed by atoms with E-state index in [0.29, 0.717) is 6.54 Å². The molecule has 0 radical (unpaired) electrons. The maximum Gasteiger partial charge on any atom is 0.192 e. The lowest BCUT2D eigenvalue weighted by Crippen LogP contribution is -2.41. The molecule has 168 valence electrons. The first-order valence-electron chi connectivity index (χ1n) is 10.3. The van der Waals surface area contributed by atoms with Crippen LogP contribution in [0.1, 0.15) is 42.6 Å². The lowest BCUT2D eigenvalue weighted by molar-refractivity contribution is 0.0376. The number of nitrogens with one attached hydrogen (secondary N) is 2. The van der Waals surface area contributed by atoms with Gasteiger partial charge in [0, 0.05) is 26.7 Å². The Labute approximate surface area is 195 Å². The molecule has 0 aromatic carbocycles. The number of hydrogen-bond acceptors (Lipinski definition) is 6. The Hall–Kier alpha value is -1.66. The van der Waals surface area contributed by atoms with Gasteiger partial charge in [0.15, 0.2) is 11.8 Å². The van der Waals surface area contributed by atoms with Crippen molar-refractivity contribution in [3.05, 3.63) is 35.3 Å². The zero-order chi connectivity index (χ0) is 20.6. The third-order valence-corrected chi connectivity index (χ3v) is 5.15. The maximum atomic E-state index is 5.75. The molecule has 2 aromatic rings. The van der Waals surface area contributed by atoms with Crippen molar-refractivity contribution >= 4 is 29.9 Å². The van der Waals surface area contributed by atoms with Gasteiger partial charge in [-0.3, -0.25) is 4.90 Å². The predicted octanol–water partition coefficient (Wildman–Crippen LogP) is 2.16. The Morgan fingerprint density at radius 3 is 2.63 bits per heavy atom. The number of aliphatic imine (C=N–C) groups is 1. The van der Waals surface area contributed by atoms with Gasteiger partial charge < -0.3 is 24.4 Å². The van der Waals surface area contributed by atoms with E-state index in [1.54, 1.807) is 0 Å². The number of morpholine rings is 1. The van der Waals surface area contributed by atoms with Crippen LogP contribution in [0.5, 0.6) is 0 Å². The lowest BCUT2D eigenvalue weighted by Gasteiger charge is -2.26. The van der Waals surface area contributed by atoms with E-state index in [2.05, 4.69) is 32.7 Å². The normalized spacial score (nSPS) is 16.2. The van der Waals surface area contributed by atoms with Gasteiger partial charge in [0.25, 0.3) is 0 Å². The fraction of sp³-hybridized carbons (Fsp3) is 0.650. The summed E-state index contributed by atoms with van der Waals surface area (Å²) < 4.78 is 13.1. The molecule has 9 nitrogen and oxygen atoms in total. The largest absolute Gasteiger partial charge is 0.464 e. The summed E-state index contributed by atoms with van der Waals surface area (Å²) in [6.07, 6.45) is 1.04. The third-order valence-electron chi connectivity index (χ3n) is 5.15. The molecule has 1 unspecified atom stereocenters. The quantitative estimate of drug-likeness (QED) is 0.234. The second-order valence-electron chi connectivity index (χ2n) is 7.44. The van der Waals surface area contributed by atoms with Crippen molar-refractivity contribution in [2.75, 3.05) is 39.4 Å². The smallest absolute Gasteiger partial charge is 0.192 e. The fourth-order valence-electron chi connectivity index (χ4n) is 3.19. The highest BCUT2D eigenvalue weighted by Crippen LogP contribution is 2.15. The van der Waals surface area contributed by atoms with Gasteiger partial charge in [-0.2, -0.15) is 0 Å². The average molecular weight is 531 g/mol. The summed E-state index contributed by atoms with van der Waals surface area (Å²) in [5, 5.41) is 15.2. The Morgan fingerprint density at radius 1 is 1.23 bits per heavy atom. The first-order valence-corrected chi connectivity index (χ1v) is 10.3. The van der Waals surface area contributed by atoms with Crippen molar-refractivity contribution in [3.8, 4) is 0 Å². The second-order valence-corrected chi connectivity index (χ2v) is 7.44. The minimum Gasteiger partial charge on any atom is -0.464 e. The zero-order valence-electron chi connectivity index (χ0n) is 18.3. The molecule has 30 heavy (non-hydrogen) atoms. The Kier molecular flexibility index (Phi) is 10.1.